The van der Waals surface area contributed by atoms with Crippen molar-refractivity contribution in [2.24, 2.45) is 5.92 Å². The lowest BCUT2D eigenvalue weighted by molar-refractivity contribution is 0.199. The summed E-state index contributed by atoms with van der Waals surface area (Å²) >= 11 is 0. The first-order valence-electron chi connectivity index (χ1n) is 7.72. The first-order valence-corrected chi connectivity index (χ1v) is 7.72. The smallest absolute Gasteiger partial charge is 0.122 e. The van der Waals surface area contributed by atoms with Gasteiger partial charge in [-0.2, -0.15) is 0 Å². The fourth-order valence-electron chi connectivity index (χ4n) is 2.87. The number of hydrogen-bond donors (Lipinski definition) is 1. The quantitative estimate of drug-likeness (QED) is 0.819. The Kier molecular flexibility index (Phi) is 5.86. The SMILES string of the molecule is CCn1ccnc1CNCC(C)CN1CCCCC1. The van der Waals surface area contributed by atoms with E-state index in [4.69, 9.17) is 0 Å². The second-order valence-corrected chi connectivity index (χ2v) is 5.73. The van der Waals surface area contributed by atoms with E-state index >= 15 is 0 Å². The van der Waals surface area contributed by atoms with Gasteiger partial charge in [0, 0.05) is 25.5 Å². The summed E-state index contributed by atoms with van der Waals surface area (Å²) in [5.41, 5.74) is 0. The van der Waals surface area contributed by atoms with Crippen molar-refractivity contribution in [3.05, 3.63) is 18.2 Å². The summed E-state index contributed by atoms with van der Waals surface area (Å²) in [6.45, 7) is 11.3. The number of nitrogens with one attached hydrogen (secondary N) is 1. The van der Waals surface area contributed by atoms with Crippen molar-refractivity contribution in [3.63, 3.8) is 0 Å². The Balaban J connectivity index is 1.64. The average molecular weight is 264 g/mol. The number of rotatable bonds is 7. The van der Waals surface area contributed by atoms with Gasteiger partial charge in [0.15, 0.2) is 0 Å². The Hall–Kier alpha value is -0.870. The highest BCUT2D eigenvalue weighted by Gasteiger charge is 2.13. The molecular formula is C15H28N4. The molecule has 0 saturated carbocycles. The van der Waals surface area contributed by atoms with Crippen molar-refractivity contribution in [2.75, 3.05) is 26.2 Å². The lowest BCUT2D eigenvalue weighted by Crippen LogP contribution is -2.36. The number of aryl methyl sites for hydroxylation is 1. The molecule has 2 rings (SSSR count). The Labute approximate surface area is 117 Å². The molecule has 1 atom stereocenters. The molecule has 1 saturated heterocycles. The molecule has 1 unspecified atom stereocenters. The van der Waals surface area contributed by atoms with Crippen LogP contribution in [0.2, 0.25) is 0 Å². The summed E-state index contributed by atoms with van der Waals surface area (Å²) < 4.78 is 2.20. The second kappa shape index (κ2) is 7.65. The largest absolute Gasteiger partial charge is 0.334 e. The molecule has 1 aliphatic heterocycles. The van der Waals surface area contributed by atoms with Crippen LogP contribution in [0.15, 0.2) is 12.4 Å². The fourth-order valence-corrected chi connectivity index (χ4v) is 2.87. The van der Waals surface area contributed by atoms with Gasteiger partial charge in [-0.25, -0.2) is 4.98 Å². The molecule has 0 radical (unpaired) electrons. The van der Waals surface area contributed by atoms with Gasteiger partial charge in [-0.1, -0.05) is 13.3 Å². The predicted octanol–water partition coefficient (Wildman–Crippen LogP) is 2.11. The summed E-state index contributed by atoms with van der Waals surface area (Å²) in [6.07, 6.45) is 8.12. The Morgan fingerprint density at radius 2 is 2.11 bits per heavy atom. The fraction of sp³-hybridized carbons (Fsp3) is 0.800. The zero-order valence-corrected chi connectivity index (χ0v) is 12.4. The first-order chi connectivity index (χ1) is 9.29. The average Bonchev–Trinajstić information content (AvgIpc) is 2.87. The molecule has 4 heteroatoms. The highest BCUT2D eigenvalue weighted by molar-refractivity contribution is 4.91. The van der Waals surface area contributed by atoms with Crippen molar-refractivity contribution in [1.82, 2.24) is 19.8 Å². The molecule has 0 aliphatic carbocycles. The van der Waals surface area contributed by atoms with Crippen molar-refractivity contribution < 1.29 is 0 Å². The zero-order valence-electron chi connectivity index (χ0n) is 12.4. The van der Waals surface area contributed by atoms with E-state index in [1.54, 1.807) is 0 Å². The topological polar surface area (TPSA) is 33.1 Å². The zero-order chi connectivity index (χ0) is 13.5. The van der Waals surface area contributed by atoms with E-state index in [2.05, 4.69) is 33.6 Å². The molecule has 2 heterocycles. The van der Waals surface area contributed by atoms with E-state index in [0.717, 1.165) is 25.5 Å². The molecule has 19 heavy (non-hydrogen) atoms. The van der Waals surface area contributed by atoms with Crippen molar-refractivity contribution >= 4 is 0 Å². The molecule has 0 spiro atoms. The highest BCUT2D eigenvalue weighted by Crippen LogP contribution is 2.10. The van der Waals surface area contributed by atoms with Crippen molar-refractivity contribution in [3.8, 4) is 0 Å². The maximum atomic E-state index is 4.39. The van der Waals surface area contributed by atoms with Gasteiger partial charge in [0.1, 0.15) is 5.82 Å². The third-order valence-electron chi connectivity index (χ3n) is 3.94. The van der Waals surface area contributed by atoms with E-state index in [-0.39, 0.29) is 0 Å². The Bertz CT molecular complexity index is 355. The maximum absolute atomic E-state index is 4.39. The predicted molar refractivity (Wildman–Crippen MR) is 79.1 cm³/mol. The van der Waals surface area contributed by atoms with Crippen LogP contribution >= 0.6 is 0 Å². The Morgan fingerprint density at radius 1 is 1.32 bits per heavy atom. The minimum absolute atomic E-state index is 0.711. The van der Waals surface area contributed by atoms with Crippen LogP contribution in [0.4, 0.5) is 0 Å². The van der Waals surface area contributed by atoms with Crippen LogP contribution in [-0.4, -0.2) is 40.6 Å². The van der Waals surface area contributed by atoms with Crippen LogP contribution in [0.3, 0.4) is 0 Å². The van der Waals surface area contributed by atoms with Crippen molar-refractivity contribution in [2.45, 2.75) is 46.2 Å². The lowest BCUT2D eigenvalue weighted by Gasteiger charge is -2.29. The first kappa shape index (κ1) is 14.5. The van der Waals surface area contributed by atoms with E-state index in [9.17, 15) is 0 Å². The van der Waals surface area contributed by atoms with Crippen LogP contribution in [0.25, 0.3) is 0 Å². The molecule has 0 bridgehead atoms. The number of nitrogens with zero attached hydrogens (tertiary/aromatic N) is 3. The van der Waals surface area contributed by atoms with E-state index < -0.39 is 0 Å². The number of hydrogen-bond acceptors (Lipinski definition) is 3. The molecule has 0 amide bonds. The maximum Gasteiger partial charge on any atom is 0.122 e. The molecular weight excluding hydrogens is 236 g/mol. The van der Waals surface area contributed by atoms with Crippen LogP contribution in [0.5, 0.6) is 0 Å². The van der Waals surface area contributed by atoms with E-state index in [1.807, 2.05) is 12.4 Å². The minimum Gasteiger partial charge on any atom is -0.334 e. The molecule has 0 aromatic carbocycles. The molecule has 1 fully saturated rings. The highest BCUT2D eigenvalue weighted by atomic mass is 15.1. The summed E-state index contributed by atoms with van der Waals surface area (Å²) in [5.74, 6) is 1.86. The molecule has 1 aromatic rings. The third kappa shape index (κ3) is 4.62. The van der Waals surface area contributed by atoms with Gasteiger partial charge in [0.05, 0.1) is 6.54 Å². The van der Waals surface area contributed by atoms with Gasteiger partial charge >= 0.3 is 0 Å². The van der Waals surface area contributed by atoms with Crippen molar-refractivity contribution in [1.29, 1.82) is 0 Å². The third-order valence-corrected chi connectivity index (χ3v) is 3.94. The number of piperidine rings is 1. The minimum atomic E-state index is 0.711. The number of likely N-dealkylation sites (tertiary alicyclic amines) is 1. The van der Waals surface area contributed by atoms with Gasteiger partial charge in [0.2, 0.25) is 0 Å². The summed E-state index contributed by atoms with van der Waals surface area (Å²) in [5, 5.41) is 3.54. The molecule has 1 aliphatic rings. The van der Waals surface area contributed by atoms with Crippen LogP contribution < -0.4 is 5.32 Å². The molecule has 108 valence electrons. The van der Waals surface area contributed by atoms with E-state index in [0.29, 0.717) is 5.92 Å². The molecule has 1 N–H and O–H groups in total. The number of aromatic nitrogens is 2. The molecule has 1 aromatic heterocycles. The summed E-state index contributed by atoms with van der Waals surface area (Å²) in [6, 6.07) is 0. The number of imidazole rings is 1. The van der Waals surface area contributed by atoms with Gasteiger partial charge in [-0.05, 0) is 45.3 Å². The second-order valence-electron chi connectivity index (χ2n) is 5.73. The Morgan fingerprint density at radius 3 is 2.84 bits per heavy atom. The van der Waals surface area contributed by atoms with Crippen LogP contribution in [0.1, 0.15) is 38.9 Å². The van der Waals surface area contributed by atoms with Gasteiger partial charge in [0.25, 0.3) is 0 Å². The van der Waals surface area contributed by atoms with Gasteiger partial charge in [-0.15, -0.1) is 0 Å². The lowest BCUT2D eigenvalue weighted by atomic mass is 10.1. The summed E-state index contributed by atoms with van der Waals surface area (Å²) in [7, 11) is 0. The standard InChI is InChI=1S/C15H28N4/c1-3-19-10-7-17-15(19)12-16-11-14(2)13-18-8-5-4-6-9-18/h7,10,14,16H,3-6,8-9,11-13H2,1-2H3. The molecule has 4 nitrogen and oxygen atoms in total. The van der Waals surface area contributed by atoms with Gasteiger partial charge in [-0.3, -0.25) is 0 Å². The van der Waals surface area contributed by atoms with Gasteiger partial charge < -0.3 is 14.8 Å². The monoisotopic (exact) mass is 264 g/mol. The van der Waals surface area contributed by atoms with E-state index in [1.165, 1.54) is 38.9 Å². The van der Waals surface area contributed by atoms with Crippen LogP contribution in [-0.2, 0) is 13.1 Å². The van der Waals surface area contributed by atoms with Crippen LogP contribution in [0, 0.1) is 5.92 Å². The normalized spacial score (nSPS) is 18.6. The summed E-state index contributed by atoms with van der Waals surface area (Å²) in [4.78, 5) is 7.00.